The molecule has 0 spiro atoms. The molecule has 35 heavy (non-hydrogen) atoms. The maximum atomic E-state index is 14.1. The summed E-state index contributed by atoms with van der Waals surface area (Å²) in [6.07, 6.45) is 2.72. The van der Waals surface area contributed by atoms with Crippen molar-refractivity contribution in [2.75, 3.05) is 14.2 Å². The van der Waals surface area contributed by atoms with E-state index in [-0.39, 0.29) is 16.8 Å². The molecule has 0 bridgehead atoms. The number of aromatic nitrogens is 3. The average Bonchev–Trinajstić information content (AvgIpc) is 3.33. The van der Waals surface area contributed by atoms with Crippen LogP contribution in [0.3, 0.4) is 0 Å². The molecule has 0 atom stereocenters. The van der Waals surface area contributed by atoms with Crippen molar-refractivity contribution in [1.29, 1.82) is 0 Å². The maximum Gasteiger partial charge on any atom is 0.281 e. The Balaban J connectivity index is 1.79. The molecule has 2 heterocycles. The summed E-state index contributed by atoms with van der Waals surface area (Å²) in [4.78, 5) is 27.4. The molecule has 2 aromatic heterocycles. The van der Waals surface area contributed by atoms with E-state index in [2.05, 4.69) is 5.10 Å². The highest BCUT2D eigenvalue weighted by atomic mass is 16.5. The van der Waals surface area contributed by atoms with Crippen molar-refractivity contribution in [3.8, 4) is 34.1 Å². The fourth-order valence-corrected chi connectivity index (χ4v) is 4.71. The van der Waals surface area contributed by atoms with E-state index >= 15 is 0 Å². The molecular formula is C28H27N3O4. The number of ether oxygens (including phenoxy) is 2. The smallest absolute Gasteiger partial charge is 0.281 e. The second-order valence-electron chi connectivity index (χ2n) is 9.52. The minimum Gasteiger partial charge on any atom is -0.497 e. The van der Waals surface area contributed by atoms with Crippen LogP contribution < -0.4 is 15.0 Å². The zero-order valence-corrected chi connectivity index (χ0v) is 20.2. The van der Waals surface area contributed by atoms with Crippen LogP contribution in [0.25, 0.3) is 22.6 Å². The standard InChI is InChI=1S/C28H27N3O4/c1-28(2)16-24-20(25(32)17-28)15-23(30-13-12-21(29-30)18-8-6-5-7-9-18)27(33)31(24)22-14-19(34-3)10-11-26(22)35-4/h5-15H,16-17H2,1-4H3. The topological polar surface area (TPSA) is 75.3 Å². The predicted molar refractivity (Wildman–Crippen MR) is 134 cm³/mol. The van der Waals surface area contributed by atoms with Crippen molar-refractivity contribution >= 4 is 5.78 Å². The Kier molecular flexibility index (Phi) is 5.55. The SMILES string of the molecule is COc1ccc(OC)c(-n2c3c(cc(-n4ccc(-c5ccccc5)n4)c2=O)C(=O)CC(C)(C)C3)c1. The van der Waals surface area contributed by atoms with E-state index in [1.54, 1.807) is 53.9 Å². The van der Waals surface area contributed by atoms with Gasteiger partial charge in [0.15, 0.2) is 5.78 Å². The van der Waals surface area contributed by atoms with E-state index in [1.165, 1.54) is 0 Å². The van der Waals surface area contributed by atoms with Gasteiger partial charge >= 0.3 is 0 Å². The third-order valence-electron chi connectivity index (χ3n) is 6.40. The fraction of sp³-hybridized carbons (Fsp3) is 0.250. The van der Waals surface area contributed by atoms with Crippen molar-refractivity contribution < 1.29 is 14.3 Å². The van der Waals surface area contributed by atoms with Crippen molar-refractivity contribution in [3.63, 3.8) is 0 Å². The number of ketones is 1. The van der Waals surface area contributed by atoms with E-state index in [9.17, 15) is 9.59 Å². The minimum atomic E-state index is -0.288. The van der Waals surface area contributed by atoms with Crippen molar-refractivity contribution in [2.45, 2.75) is 26.7 Å². The third kappa shape index (κ3) is 4.03. The molecule has 0 aliphatic heterocycles. The van der Waals surface area contributed by atoms with Gasteiger partial charge in [-0.15, -0.1) is 0 Å². The van der Waals surface area contributed by atoms with Gasteiger partial charge in [-0.3, -0.25) is 14.2 Å². The Morgan fingerprint density at radius 2 is 1.66 bits per heavy atom. The van der Waals surface area contributed by atoms with Crippen LogP contribution in [0, 0.1) is 5.41 Å². The largest absolute Gasteiger partial charge is 0.497 e. The van der Waals surface area contributed by atoms with Gasteiger partial charge in [-0.05, 0) is 36.1 Å². The summed E-state index contributed by atoms with van der Waals surface area (Å²) in [5, 5.41) is 4.66. The highest BCUT2D eigenvalue weighted by molar-refractivity contribution is 5.99. The predicted octanol–water partition coefficient (Wildman–Crippen LogP) is 4.86. The Morgan fingerprint density at radius 1 is 0.886 bits per heavy atom. The van der Waals surface area contributed by atoms with E-state index in [0.29, 0.717) is 47.0 Å². The molecule has 0 saturated heterocycles. The van der Waals surface area contributed by atoms with Crippen LogP contribution in [-0.2, 0) is 6.42 Å². The molecule has 0 N–H and O–H groups in total. The summed E-state index contributed by atoms with van der Waals surface area (Å²) in [6, 6.07) is 18.6. The molecule has 7 heteroatoms. The normalized spacial score (nSPS) is 14.5. The fourth-order valence-electron chi connectivity index (χ4n) is 4.71. The van der Waals surface area contributed by atoms with E-state index < -0.39 is 0 Å². The van der Waals surface area contributed by atoms with E-state index in [4.69, 9.17) is 9.47 Å². The Morgan fingerprint density at radius 3 is 2.37 bits per heavy atom. The maximum absolute atomic E-state index is 14.1. The van der Waals surface area contributed by atoms with Gasteiger partial charge in [0.25, 0.3) is 5.56 Å². The van der Waals surface area contributed by atoms with Crippen LogP contribution in [0.15, 0.2) is 71.7 Å². The van der Waals surface area contributed by atoms with E-state index in [1.807, 2.05) is 50.2 Å². The van der Waals surface area contributed by atoms with Crippen LogP contribution in [0.5, 0.6) is 11.5 Å². The first-order valence-corrected chi connectivity index (χ1v) is 11.5. The second-order valence-corrected chi connectivity index (χ2v) is 9.52. The van der Waals surface area contributed by atoms with Gasteiger partial charge in [0, 0.05) is 35.5 Å². The van der Waals surface area contributed by atoms with Gasteiger partial charge in [0.1, 0.15) is 17.2 Å². The minimum absolute atomic E-state index is 0.00329. The van der Waals surface area contributed by atoms with Crippen LogP contribution in [-0.4, -0.2) is 34.4 Å². The number of methoxy groups -OCH3 is 2. The van der Waals surface area contributed by atoms with Crippen molar-refractivity contribution in [2.24, 2.45) is 5.41 Å². The Hall–Kier alpha value is -4.13. The van der Waals surface area contributed by atoms with Crippen LogP contribution in [0.4, 0.5) is 0 Å². The van der Waals surface area contributed by atoms with Gasteiger partial charge < -0.3 is 9.47 Å². The molecule has 0 amide bonds. The number of benzene rings is 2. The molecule has 0 unspecified atom stereocenters. The molecule has 1 aliphatic carbocycles. The Labute approximate surface area is 203 Å². The number of hydrogen-bond donors (Lipinski definition) is 0. The van der Waals surface area contributed by atoms with Gasteiger partial charge in [-0.2, -0.15) is 5.10 Å². The highest BCUT2D eigenvalue weighted by Crippen LogP contribution is 2.37. The van der Waals surface area contributed by atoms with Crippen LogP contribution in [0.1, 0.15) is 36.3 Å². The van der Waals surface area contributed by atoms with Gasteiger partial charge in [-0.1, -0.05) is 44.2 Å². The number of carbonyl (C=O) groups excluding carboxylic acids is 1. The summed E-state index contributed by atoms with van der Waals surface area (Å²) < 4.78 is 14.2. The molecule has 0 fully saturated rings. The molecule has 1 aliphatic rings. The number of rotatable bonds is 5. The van der Waals surface area contributed by atoms with E-state index in [0.717, 1.165) is 11.3 Å². The van der Waals surface area contributed by atoms with Crippen LogP contribution >= 0.6 is 0 Å². The monoisotopic (exact) mass is 469 g/mol. The molecule has 0 saturated carbocycles. The lowest BCUT2D eigenvalue weighted by atomic mass is 9.75. The Bertz CT molecular complexity index is 1480. The summed E-state index contributed by atoms with van der Waals surface area (Å²) in [7, 11) is 3.13. The van der Waals surface area contributed by atoms with Crippen molar-refractivity contribution in [1.82, 2.24) is 14.3 Å². The van der Waals surface area contributed by atoms with Gasteiger partial charge in [0.2, 0.25) is 0 Å². The summed E-state index contributed by atoms with van der Waals surface area (Å²) in [6.45, 7) is 4.08. The second kappa shape index (κ2) is 8.58. The third-order valence-corrected chi connectivity index (χ3v) is 6.40. The molecule has 2 aromatic carbocycles. The zero-order chi connectivity index (χ0) is 24.7. The zero-order valence-electron chi connectivity index (χ0n) is 20.2. The number of nitrogens with zero attached hydrogens (tertiary/aromatic N) is 3. The first-order chi connectivity index (χ1) is 16.8. The summed E-state index contributed by atoms with van der Waals surface area (Å²) >= 11 is 0. The lowest BCUT2D eigenvalue weighted by Gasteiger charge is -2.32. The molecule has 5 rings (SSSR count). The van der Waals surface area contributed by atoms with Gasteiger partial charge in [-0.25, -0.2) is 4.68 Å². The average molecular weight is 470 g/mol. The highest BCUT2D eigenvalue weighted by Gasteiger charge is 2.35. The lowest BCUT2D eigenvalue weighted by molar-refractivity contribution is 0.0908. The quantitative estimate of drug-likeness (QED) is 0.417. The number of pyridine rings is 1. The molecular weight excluding hydrogens is 442 g/mol. The molecule has 4 aromatic rings. The van der Waals surface area contributed by atoms with Crippen LogP contribution in [0.2, 0.25) is 0 Å². The summed E-state index contributed by atoms with van der Waals surface area (Å²) in [5.41, 5.74) is 3.13. The first kappa shape index (κ1) is 22.7. The van der Waals surface area contributed by atoms with Gasteiger partial charge in [0.05, 0.1) is 25.6 Å². The lowest BCUT2D eigenvalue weighted by Crippen LogP contribution is -2.36. The van der Waals surface area contributed by atoms with Crippen molar-refractivity contribution in [3.05, 3.63) is 88.5 Å². The molecule has 178 valence electrons. The number of fused-ring (bicyclic) bond motifs is 1. The molecule has 0 radical (unpaired) electrons. The number of Topliss-reactive ketones (excluding diaryl/α,β-unsaturated/α-hetero) is 1. The molecule has 7 nitrogen and oxygen atoms in total. The number of hydrogen-bond acceptors (Lipinski definition) is 5. The summed E-state index contributed by atoms with van der Waals surface area (Å²) in [5.74, 6) is 1.09. The number of carbonyl (C=O) groups is 1. The first-order valence-electron chi connectivity index (χ1n) is 11.5.